The SMILES string of the molecule is O=C(Nc1ccc(F)c(F)c1)c1ccc2c(c1)SNC(c1nccs1)N2. The number of rotatable bonds is 3. The fraction of sp³-hybridized carbons (Fsp3) is 0.0588. The first-order valence-corrected chi connectivity index (χ1v) is 9.28. The molecule has 4 rings (SSSR count). The van der Waals surface area contributed by atoms with E-state index in [4.69, 9.17) is 0 Å². The highest BCUT2D eigenvalue weighted by Crippen LogP contribution is 2.35. The highest BCUT2D eigenvalue weighted by Gasteiger charge is 2.22. The van der Waals surface area contributed by atoms with Gasteiger partial charge in [-0.3, -0.25) is 4.79 Å². The van der Waals surface area contributed by atoms with E-state index in [1.165, 1.54) is 18.0 Å². The number of nitrogens with zero attached hydrogens (tertiary/aromatic N) is 1. The fourth-order valence-corrected chi connectivity index (χ4v) is 3.99. The first-order valence-electron chi connectivity index (χ1n) is 7.59. The highest BCUT2D eigenvalue weighted by atomic mass is 32.2. The second kappa shape index (κ2) is 7.02. The highest BCUT2D eigenvalue weighted by molar-refractivity contribution is 7.97. The van der Waals surface area contributed by atoms with Crippen LogP contribution < -0.4 is 15.4 Å². The molecule has 3 N–H and O–H groups in total. The molecule has 1 aliphatic rings. The van der Waals surface area contributed by atoms with E-state index in [1.54, 1.807) is 29.7 Å². The normalized spacial score (nSPS) is 15.8. The Hall–Kier alpha value is -2.49. The number of hydrogen-bond donors (Lipinski definition) is 3. The average Bonchev–Trinajstić information content (AvgIpc) is 3.18. The van der Waals surface area contributed by atoms with Crippen LogP contribution in [-0.2, 0) is 0 Å². The molecular weight excluding hydrogens is 378 g/mol. The zero-order chi connectivity index (χ0) is 18.1. The van der Waals surface area contributed by atoms with Crippen LogP contribution in [0.4, 0.5) is 20.2 Å². The van der Waals surface area contributed by atoms with Crippen molar-refractivity contribution in [3.8, 4) is 0 Å². The second-order valence-electron chi connectivity index (χ2n) is 5.46. The molecule has 1 atom stereocenters. The van der Waals surface area contributed by atoms with Crippen molar-refractivity contribution in [2.45, 2.75) is 11.1 Å². The number of aromatic nitrogens is 1. The molecule has 0 spiro atoms. The van der Waals surface area contributed by atoms with Gasteiger partial charge in [-0.1, -0.05) is 0 Å². The molecule has 1 aromatic heterocycles. The topological polar surface area (TPSA) is 66.0 Å². The van der Waals surface area contributed by atoms with Gasteiger partial charge in [-0.05, 0) is 42.3 Å². The van der Waals surface area contributed by atoms with Crippen LogP contribution >= 0.6 is 23.3 Å². The van der Waals surface area contributed by atoms with E-state index in [9.17, 15) is 13.6 Å². The number of halogens is 2. The first-order chi connectivity index (χ1) is 12.6. The third-order valence-corrected chi connectivity index (χ3v) is 5.46. The van der Waals surface area contributed by atoms with Gasteiger partial charge in [0, 0.05) is 33.8 Å². The minimum Gasteiger partial charge on any atom is -0.362 e. The van der Waals surface area contributed by atoms with E-state index in [2.05, 4.69) is 20.3 Å². The molecule has 1 aliphatic heterocycles. The molecule has 5 nitrogen and oxygen atoms in total. The summed E-state index contributed by atoms with van der Waals surface area (Å²) in [7, 11) is 0. The van der Waals surface area contributed by atoms with E-state index < -0.39 is 17.5 Å². The maximum Gasteiger partial charge on any atom is 0.255 e. The van der Waals surface area contributed by atoms with Crippen molar-refractivity contribution in [3.63, 3.8) is 0 Å². The van der Waals surface area contributed by atoms with Gasteiger partial charge in [0.25, 0.3) is 5.91 Å². The monoisotopic (exact) mass is 390 g/mol. The van der Waals surface area contributed by atoms with Crippen LogP contribution in [0.1, 0.15) is 21.5 Å². The quantitative estimate of drug-likeness (QED) is 0.579. The van der Waals surface area contributed by atoms with Crippen molar-refractivity contribution >= 4 is 40.6 Å². The van der Waals surface area contributed by atoms with Gasteiger partial charge in [0.1, 0.15) is 11.2 Å². The van der Waals surface area contributed by atoms with Crippen LogP contribution in [0.2, 0.25) is 0 Å². The van der Waals surface area contributed by atoms with Gasteiger partial charge in [-0.15, -0.1) is 11.3 Å². The number of amides is 1. The Morgan fingerprint density at radius 3 is 2.81 bits per heavy atom. The Balaban J connectivity index is 1.50. The molecule has 0 fully saturated rings. The number of carbonyl (C=O) groups excluding carboxylic acids is 1. The smallest absolute Gasteiger partial charge is 0.255 e. The molecule has 3 aromatic rings. The van der Waals surface area contributed by atoms with E-state index in [0.29, 0.717) is 5.56 Å². The van der Waals surface area contributed by atoms with E-state index >= 15 is 0 Å². The van der Waals surface area contributed by atoms with Crippen molar-refractivity contribution in [2.24, 2.45) is 0 Å². The van der Waals surface area contributed by atoms with E-state index in [1.807, 2.05) is 11.4 Å². The van der Waals surface area contributed by atoms with Crippen molar-refractivity contribution in [1.82, 2.24) is 9.71 Å². The molecule has 0 bridgehead atoms. The van der Waals surface area contributed by atoms with Gasteiger partial charge >= 0.3 is 0 Å². The zero-order valence-corrected chi connectivity index (χ0v) is 14.8. The molecule has 2 aromatic carbocycles. The lowest BCUT2D eigenvalue weighted by Crippen LogP contribution is -2.26. The van der Waals surface area contributed by atoms with E-state index in [-0.39, 0.29) is 11.9 Å². The van der Waals surface area contributed by atoms with Gasteiger partial charge < -0.3 is 10.6 Å². The molecule has 132 valence electrons. The second-order valence-corrected chi connectivity index (χ2v) is 7.27. The molecule has 0 saturated carbocycles. The van der Waals surface area contributed by atoms with Gasteiger partial charge in [0.15, 0.2) is 11.6 Å². The summed E-state index contributed by atoms with van der Waals surface area (Å²) >= 11 is 2.95. The van der Waals surface area contributed by atoms with Crippen LogP contribution in [0, 0.1) is 11.6 Å². The van der Waals surface area contributed by atoms with Crippen LogP contribution in [0.25, 0.3) is 0 Å². The number of thiazole rings is 1. The van der Waals surface area contributed by atoms with Crippen molar-refractivity contribution < 1.29 is 13.6 Å². The Morgan fingerprint density at radius 2 is 2.04 bits per heavy atom. The molecule has 0 radical (unpaired) electrons. The first kappa shape index (κ1) is 17.0. The summed E-state index contributed by atoms with van der Waals surface area (Å²) in [6.45, 7) is 0. The van der Waals surface area contributed by atoms with Crippen molar-refractivity contribution in [2.75, 3.05) is 10.6 Å². The van der Waals surface area contributed by atoms with Crippen LogP contribution in [-0.4, -0.2) is 10.9 Å². The maximum absolute atomic E-state index is 13.3. The lowest BCUT2D eigenvalue weighted by Gasteiger charge is -2.26. The molecule has 1 unspecified atom stereocenters. The Labute approximate surface area is 156 Å². The summed E-state index contributed by atoms with van der Waals surface area (Å²) in [6, 6.07) is 8.44. The van der Waals surface area contributed by atoms with Crippen molar-refractivity contribution in [1.29, 1.82) is 0 Å². The summed E-state index contributed by atoms with van der Waals surface area (Å²) in [4.78, 5) is 17.5. The third-order valence-electron chi connectivity index (χ3n) is 3.71. The largest absolute Gasteiger partial charge is 0.362 e. The molecule has 1 amide bonds. The zero-order valence-electron chi connectivity index (χ0n) is 13.1. The van der Waals surface area contributed by atoms with Gasteiger partial charge in [0.2, 0.25) is 0 Å². The predicted molar refractivity (Wildman–Crippen MR) is 98.2 cm³/mol. The molecule has 0 aliphatic carbocycles. The molecule has 26 heavy (non-hydrogen) atoms. The summed E-state index contributed by atoms with van der Waals surface area (Å²) in [5.74, 6) is -2.37. The molecular formula is C17H12F2N4OS2. The van der Waals surface area contributed by atoms with Gasteiger partial charge in [-0.2, -0.15) is 0 Å². The molecule has 0 saturated heterocycles. The lowest BCUT2D eigenvalue weighted by molar-refractivity contribution is 0.102. The number of anilines is 2. The Bertz CT molecular complexity index is 965. The maximum atomic E-state index is 13.3. The number of nitrogens with one attached hydrogen (secondary N) is 3. The Kier molecular flexibility index (Phi) is 4.58. The van der Waals surface area contributed by atoms with Gasteiger partial charge in [0.05, 0.1) is 5.69 Å². The van der Waals surface area contributed by atoms with Crippen molar-refractivity contribution in [3.05, 3.63) is 70.2 Å². The minimum atomic E-state index is -1.01. The minimum absolute atomic E-state index is 0.102. The predicted octanol–water partition coefficient (Wildman–Crippen LogP) is 4.39. The van der Waals surface area contributed by atoms with Crippen LogP contribution in [0.3, 0.4) is 0 Å². The third kappa shape index (κ3) is 3.41. The lowest BCUT2D eigenvalue weighted by atomic mass is 10.1. The summed E-state index contributed by atoms with van der Waals surface area (Å²) in [5.41, 5.74) is 1.50. The van der Waals surface area contributed by atoms with Crippen LogP contribution in [0.15, 0.2) is 52.9 Å². The average molecular weight is 390 g/mol. The summed E-state index contributed by atoms with van der Waals surface area (Å²) in [5, 5.41) is 8.71. The van der Waals surface area contributed by atoms with Crippen LogP contribution in [0.5, 0.6) is 0 Å². The van der Waals surface area contributed by atoms with E-state index in [0.717, 1.165) is 27.7 Å². The Morgan fingerprint density at radius 1 is 1.15 bits per heavy atom. The summed E-state index contributed by atoms with van der Waals surface area (Å²) < 4.78 is 29.5. The number of carbonyl (C=O) groups is 1. The molecule has 9 heteroatoms. The number of hydrogen-bond acceptors (Lipinski definition) is 6. The summed E-state index contributed by atoms with van der Waals surface area (Å²) in [6.07, 6.45) is 1.64. The fourth-order valence-electron chi connectivity index (χ4n) is 2.44. The van der Waals surface area contributed by atoms with Gasteiger partial charge in [-0.25, -0.2) is 18.5 Å². The number of fused-ring (bicyclic) bond motifs is 1. The molecule has 2 heterocycles. The number of benzene rings is 2. The standard InChI is InChI=1S/C17H12F2N4OS2/c18-11-3-2-10(8-12(11)19)21-16(24)9-1-4-13-14(7-9)26-23-15(22-13)17-20-5-6-25-17/h1-8,15,22-23H,(H,21,24).